The van der Waals surface area contributed by atoms with Crippen molar-refractivity contribution in [1.29, 1.82) is 0 Å². The van der Waals surface area contributed by atoms with Crippen LogP contribution in [0, 0.1) is 0 Å². The Kier molecular flexibility index (Phi) is 8.90. The summed E-state index contributed by atoms with van der Waals surface area (Å²) in [5.41, 5.74) is 0. The highest BCUT2D eigenvalue weighted by Gasteiger charge is 2.12. The van der Waals surface area contributed by atoms with Crippen LogP contribution >= 0.6 is 0 Å². The summed E-state index contributed by atoms with van der Waals surface area (Å²) in [5.74, 6) is 1.21. The van der Waals surface area contributed by atoms with E-state index in [4.69, 9.17) is 9.15 Å². The van der Waals surface area contributed by atoms with Crippen LogP contribution in [0.5, 0.6) is 0 Å². The molecule has 3 N–H and O–H groups in total. The monoisotopic (exact) mass is 350 g/mol. The van der Waals surface area contributed by atoms with E-state index in [0.717, 1.165) is 5.76 Å². The molecule has 1 aromatic rings. The number of nitrogens with one attached hydrogen (secondary N) is 3. The van der Waals surface area contributed by atoms with Crippen LogP contribution in [-0.2, 0) is 16.1 Å². The van der Waals surface area contributed by atoms with Gasteiger partial charge in [-0.15, -0.1) is 0 Å². The van der Waals surface area contributed by atoms with Crippen molar-refractivity contribution < 1.29 is 13.9 Å². The summed E-state index contributed by atoms with van der Waals surface area (Å²) in [7, 11) is 1.68. The van der Waals surface area contributed by atoms with E-state index >= 15 is 0 Å². The van der Waals surface area contributed by atoms with Gasteiger partial charge in [-0.1, -0.05) is 25.7 Å². The van der Waals surface area contributed by atoms with Gasteiger partial charge in [-0.3, -0.25) is 9.79 Å². The van der Waals surface area contributed by atoms with Crippen LogP contribution in [0.2, 0.25) is 0 Å². The summed E-state index contributed by atoms with van der Waals surface area (Å²) >= 11 is 0. The number of guanidine groups is 1. The molecule has 0 saturated heterocycles. The molecule has 140 valence electrons. The molecule has 0 aromatic carbocycles. The summed E-state index contributed by atoms with van der Waals surface area (Å²) in [6.07, 6.45) is 9.52. The highest BCUT2D eigenvalue weighted by atomic mass is 16.5. The van der Waals surface area contributed by atoms with E-state index in [1.165, 1.54) is 38.5 Å². The number of carbonyl (C=O) groups is 1. The third-order valence-corrected chi connectivity index (χ3v) is 4.23. The van der Waals surface area contributed by atoms with Gasteiger partial charge in [0.05, 0.1) is 32.1 Å². The molecule has 1 heterocycles. The summed E-state index contributed by atoms with van der Waals surface area (Å²) in [4.78, 5) is 15.9. The maximum atomic E-state index is 11.8. The van der Waals surface area contributed by atoms with Crippen molar-refractivity contribution in [1.82, 2.24) is 16.0 Å². The second kappa shape index (κ2) is 11.5. The summed E-state index contributed by atoms with van der Waals surface area (Å²) in [6, 6.07) is 3.62. The Morgan fingerprint density at radius 1 is 1.24 bits per heavy atom. The highest BCUT2D eigenvalue weighted by Crippen LogP contribution is 2.19. The summed E-state index contributed by atoms with van der Waals surface area (Å²) < 4.78 is 11.1. The largest absolute Gasteiger partial charge is 0.467 e. The van der Waals surface area contributed by atoms with Crippen LogP contribution in [0.3, 0.4) is 0 Å². The average Bonchev–Trinajstić information content (AvgIpc) is 3.02. The van der Waals surface area contributed by atoms with E-state index in [1.807, 2.05) is 6.07 Å². The van der Waals surface area contributed by atoms with E-state index in [9.17, 15) is 4.79 Å². The number of amides is 1. The zero-order valence-corrected chi connectivity index (χ0v) is 15.1. The molecule has 0 spiro atoms. The minimum Gasteiger partial charge on any atom is -0.467 e. The molecule has 0 unspecified atom stereocenters. The van der Waals surface area contributed by atoms with Crippen molar-refractivity contribution in [3.05, 3.63) is 24.2 Å². The summed E-state index contributed by atoms with van der Waals surface area (Å²) in [5, 5.41) is 8.93. The van der Waals surface area contributed by atoms with Crippen molar-refractivity contribution in [3.8, 4) is 0 Å². The quantitative estimate of drug-likeness (QED) is 0.288. The molecule has 1 amide bonds. The fraction of sp³-hybridized carbons (Fsp3) is 0.667. The first-order valence-corrected chi connectivity index (χ1v) is 9.13. The van der Waals surface area contributed by atoms with E-state index in [2.05, 4.69) is 20.9 Å². The number of hydrogen-bond donors (Lipinski definition) is 3. The third kappa shape index (κ3) is 8.07. The van der Waals surface area contributed by atoms with Crippen LogP contribution in [0.4, 0.5) is 0 Å². The van der Waals surface area contributed by atoms with Crippen LogP contribution < -0.4 is 16.0 Å². The molecule has 25 heavy (non-hydrogen) atoms. The maximum Gasteiger partial charge on any atom is 0.239 e. The van der Waals surface area contributed by atoms with Gasteiger partial charge in [-0.25, -0.2) is 0 Å². The molecule has 0 bridgehead atoms. The Bertz CT molecular complexity index is 508. The van der Waals surface area contributed by atoms with Crippen molar-refractivity contribution in [2.45, 2.75) is 51.2 Å². The maximum absolute atomic E-state index is 11.8. The molecule has 2 rings (SSSR count). The van der Waals surface area contributed by atoms with Crippen molar-refractivity contribution >= 4 is 11.9 Å². The smallest absolute Gasteiger partial charge is 0.239 e. The second-order valence-corrected chi connectivity index (χ2v) is 6.19. The molecule has 1 aromatic heterocycles. The van der Waals surface area contributed by atoms with Gasteiger partial charge in [0.1, 0.15) is 5.76 Å². The zero-order chi connectivity index (χ0) is 17.7. The number of furan rings is 1. The first kappa shape index (κ1) is 19.3. The van der Waals surface area contributed by atoms with Crippen LogP contribution in [0.15, 0.2) is 27.8 Å². The van der Waals surface area contributed by atoms with Gasteiger partial charge in [-0.2, -0.15) is 0 Å². The predicted octanol–water partition coefficient (Wildman–Crippen LogP) is 1.80. The van der Waals surface area contributed by atoms with E-state index < -0.39 is 0 Å². The fourth-order valence-electron chi connectivity index (χ4n) is 2.85. The summed E-state index contributed by atoms with van der Waals surface area (Å²) in [6.45, 7) is 1.86. The van der Waals surface area contributed by atoms with Crippen molar-refractivity contribution in [2.75, 3.05) is 26.7 Å². The van der Waals surface area contributed by atoms with Crippen LogP contribution in [0.1, 0.15) is 44.3 Å². The van der Waals surface area contributed by atoms with Crippen LogP contribution in [0.25, 0.3) is 0 Å². The van der Waals surface area contributed by atoms with Gasteiger partial charge in [0.15, 0.2) is 5.96 Å². The third-order valence-electron chi connectivity index (χ3n) is 4.23. The van der Waals surface area contributed by atoms with Crippen molar-refractivity contribution in [2.24, 2.45) is 4.99 Å². The topological polar surface area (TPSA) is 87.9 Å². The SMILES string of the molecule is CN=C(NCCOC1CCCCCC1)NCC(=O)NCc1ccco1. The van der Waals surface area contributed by atoms with E-state index in [0.29, 0.717) is 31.8 Å². The molecule has 0 atom stereocenters. The average molecular weight is 350 g/mol. The van der Waals surface area contributed by atoms with E-state index in [-0.39, 0.29) is 12.5 Å². The van der Waals surface area contributed by atoms with Gasteiger partial charge in [-0.05, 0) is 25.0 Å². The van der Waals surface area contributed by atoms with Gasteiger partial charge in [0.25, 0.3) is 0 Å². The lowest BCUT2D eigenvalue weighted by atomic mass is 10.1. The number of aliphatic imine (C=N–C) groups is 1. The molecule has 1 aliphatic rings. The van der Waals surface area contributed by atoms with Gasteiger partial charge >= 0.3 is 0 Å². The first-order valence-electron chi connectivity index (χ1n) is 9.13. The second-order valence-electron chi connectivity index (χ2n) is 6.19. The molecule has 0 aliphatic heterocycles. The van der Waals surface area contributed by atoms with E-state index in [1.54, 1.807) is 19.4 Å². The molecule has 1 fully saturated rings. The zero-order valence-electron chi connectivity index (χ0n) is 15.1. The minimum absolute atomic E-state index is 0.117. The molecule has 1 aliphatic carbocycles. The Labute approximate surface area is 149 Å². The predicted molar refractivity (Wildman–Crippen MR) is 97.4 cm³/mol. The highest BCUT2D eigenvalue weighted by molar-refractivity contribution is 5.86. The molecule has 1 saturated carbocycles. The molecular formula is C18H30N4O3. The Morgan fingerprint density at radius 3 is 2.72 bits per heavy atom. The lowest BCUT2D eigenvalue weighted by Gasteiger charge is -2.16. The van der Waals surface area contributed by atoms with Crippen LogP contribution in [-0.4, -0.2) is 44.7 Å². The lowest BCUT2D eigenvalue weighted by Crippen LogP contribution is -2.44. The van der Waals surface area contributed by atoms with Gasteiger partial charge in [0.2, 0.25) is 5.91 Å². The lowest BCUT2D eigenvalue weighted by molar-refractivity contribution is -0.120. The molecular weight excluding hydrogens is 320 g/mol. The Morgan fingerprint density at radius 2 is 2.04 bits per heavy atom. The van der Waals surface area contributed by atoms with Gasteiger partial charge in [0, 0.05) is 13.6 Å². The molecule has 0 radical (unpaired) electrons. The number of carbonyl (C=O) groups excluding carboxylic acids is 1. The molecule has 7 heteroatoms. The standard InChI is InChI=1S/C18H30N4O3/c1-19-18(20-10-12-25-15-7-4-2-3-5-8-15)22-14-17(23)21-13-16-9-6-11-24-16/h6,9,11,15H,2-5,7-8,10,12-14H2,1H3,(H,21,23)(H2,19,20,22). The number of ether oxygens (including phenoxy) is 1. The van der Waals surface area contributed by atoms with Crippen molar-refractivity contribution in [3.63, 3.8) is 0 Å². The first-order chi connectivity index (χ1) is 12.3. The Hall–Kier alpha value is -2.02. The molecule has 7 nitrogen and oxygen atoms in total. The number of rotatable bonds is 8. The fourth-order valence-corrected chi connectivity index (χ4v) is 2.85. The normalized spacial score (nSPS) is 16.3. The minimum atomic E-state index is -0.117. The number of hydrogen-bond acceptors (Lipinski definition) is 4. The van der Waals surface area contributed by atoms with Gasteiger partial charge < -0.3 is 25.1 Å². The number of nitrogens with zero attached hydrogens (tertiary/aromatic N) is 1. The Balaban J connectivity index is 1.54.